The minimum Gasteiger partial charge on any atom is -0.497 e. The summed E-state index contributed by atoms with van der Waals surface area (Å²) >= 11 is 9.04. The summed E-state index contributed by atoms with van der Waals surface area (Å²) in [5, 5.41) is 0.115. The van der Waals surface area contributed by atoms with Gasteiger partial charge in [-0.05, 0) is 41.9 Å². The molecule has 0 N–H and O–H groups in total. The van der Waals surface area contributed by atoms with Crippen molar-refractivity contribution in [2.24, 2.45) is 0 Å². The number of methoxy groups -OCH3 is 1. The van der Waals surface area contributed by atoms with Crippen LogP contribution in [0.1, 0.15) is 20.9 Å². The average molecular weight is 342 g/mol. The summed E-state index contributed by atoms with van der Waals surface area (Å²) in [6, 6.07) is 8.53. The maximum absolute atomic E-state index is 12.3. The lowest BCUT2D eigenvalue weighted by atomic mass is 10.1. The zero-order chi connectivity index (χ0) is 13.8. The standard InChI is InChI=1S/C13H10BrClN2O2/c1-19-9-4-2-8(3-5-9)12(18)11(14)10-6-7-16-13(15)17-10/h2-7,11H,1H3. The van der Waals surface area contributed by atoms with Gasteiger partial charge in [-0.15, -0.1) is 0 Å². The molecule has 0 aliphatic carbocycles. The summed E-state index contributed by atoms with van der Waals surface area (Å²) in [7, 11) is 1.58. The number of hydrogen-bond donors (Lipinski definition) is 0. The van der Waals surface area contributed by atoms with Gasteiger partial charge in [0, 0.05) is 11.8 Å². The lowest BCUT2D eigenvalue weighted by Crippen LogP contribution is -2.09. The molecule has 1 aromatic heterocycles. The number of rotatable bonds is 4. The van der Waals surface area contributed by atoms with E-state index in [1.807, 2.05) is 0 Å². The van der Waals surface area contributed by atoms with Crippen molar-refractivity contribution in [3.8, 4) is 5.75 Å². The second-order valence-corrected chi connectivity index (χ2v) is 4.96. The third-order valence-electron chi connectivity index (χ3n) is 2.51. The molecule has 0 amide bonds. The average Bonchev–Trinajstić information content (AvgIpc) is 2.46. The van der Waals surface area contributed by atoms with Gasteiger partial charge in [0.25, 0.3) is 0 Å². The molecule has 0 bridgehead atoms. The van der Waals surface area contributed by atoms with Crippen molar-refractivity contribution in [3.63, 3.8) is 0 Å². The molecule has 2 rings (SSSR count). The van der Waals surface area contributed by atoms with Crippen LogP contribution in [-0.2, 0) is 0 Å². The first kappa shape index (κ1) is 14.0. The number of ketones is 1. The lowest BCUT2D eigenvalue weighted by molar-refractivity contribution is 0.0990. The fraction of sp³-hybridized carbons (Fsp3) is 0.154. The molecular weight excluding hydrogens is 332 g/mol. The largest absolute Gasteiger partial charge is 0.497 e. The van der Waals surface area contributed by atoms with Crippen LogP contribution in [0.3, 0.4) is 0 Å². The molecule has 1 heterocycles. The van der Waals surface area contributed by atoms with E-state index in [0.29, 0.717) is 17.0 Å². The summed E-state index contributed by atoms with van der Waals surface area (Å²) in [6.07, 6.45) is 1.51. The predicted octanol–water partition coefficient (Wildman–Crippen LogP) is 3.46. The quantitative estimate of drug-likeness (QED) is 0.485. The van der Waals surface area contributed by atoms with E-state index in [1.165, 1.54) is 6.20 Å². The summed E-state index contributed by atoms with van der Waals surface area (Å²) in [4.78, 5) is 19.5. The Hall–Kier alpha value is -1.46. The van der Waals surface area contributed by atoms with Crippen LogP contribution in [-0.4, -0.2) is 22.9 Å². The SMILES string of the molecule is COc1ccc(C(=O)C(Br)c2ccnc(Cl)n2)cc1. The Kier molecular flexibility index (Phi) is 4.50. The third kappa shape index (κ3) is 3.30. The van der Waals surface area contributed by atoms with Gasteiger partial charge in [-0.25, -0.2) is 9.97 Å². The lowest BCUT2D eigenvalue weighted by Gasteiger charge is -2.09. The van der Waals surface area contributed by atoms with E-state index in [-0.39, 0.29) is 11.1 Å². The number of alkyl halides is 1. The van der Waals surface area contributed by atoms with Crippen LogP contribution in [0.5, 0.6) is 5.75 Å². The molecule has 0 spiro atoms. The molecule has 0 saturated heterocycles. The molecule has 1 unspecified atom stereocenters. The molecule has 19 heavy (non-hydrogen) atoms. The molecular formula is C13H10BrClN2O2. The van der Waals surface area contributed by atoms with Gasteiger partial charge in [-0.1, -0.05) is 15.9 Å². The number of aromatic nitrogens is 2. The highest BCUT2D eigenvalue weighted by Crippen LogP contribution is 2.26. The van der Waals surface area contributed by atoms with E-state index < -0.39 is 4.83 Å². The maximum atomic E-state index is 12.3. The first-order valence-electron chi connectivity index (χ1n) is 5.42. The van der Waals surface area contributed by atoms with Crippen molar-refractivity contribution in [2.75, 3.05) is 7.11 Å². The van der Waals surface area contributed by atoms with Crippen molar-refractivity contribution < 1.29 is 9.53 Å². The number of nitrogens with zero attached hydrogens (tertiary/aromatic N) is 2. The van der Waals surface area contributed by atoms with Crippen molar-refractivity contribution in [2.45, 2.75) is 4.83 Å². The monoisotopic (exact) mass is 340 g/mol. The Morgan fingerprint density at radius 3 is 2.58 bits per heavy atom. The predicted molar refractivity (Wildman–Crippen MR) is 76.0 cm³/mol. The van der Waals surface area contributed by atoms with E-state index >= 15 is 0 Å². The first-order chi connectivity index (χ1) is 9.11. The molecule has 6 heteroatoms. The number of benzene rings is 1. The highest BCUT2D eigenvalue weighted by Gasteiger charge is 2.20. The summed E-state index contributed by atoms with van der Waals surface area (Å²) in [5.74, 6) is 0.602. The molecule has 2 aromatic rings. The second-order valence-electron chi connectivity index (χ2n) is 3.71. The highest BCUT2D eigenvalue weighted by molar-refractivity contribution is 9.09. The van der Waals surface area contributed by atoms with Gasteiger partial charge in [-0.3, -0.25) is 4.79 Å². The number of ether oxygens (including phenoxy) is 1. The molecule has 0 fully saturated rings. The minimum absolute atomic E-state index is 0.0996. The molecule has 0 saturated carbocycles. The van der Waals surface area contributed by atoms with Crippen LogP contribution in [0.4, 0.5) is 0 Å². The number of carbonyl (C=O) groups excluding carboxylic acids is 1. The zero-order valence-electron chi connectivity index (χ0n) is 10.0. The molecule has 0 aliphatic rings. The summed E-state index contributed by atoms with van der Waals surface area (Å²) in [5.41, 5.74) is 1.10. The first-order valence-corrected chi connectivity index (χ1v) is 6.72. The topological polar surface area (TPSA) is 52.1 Å². The molecule has 1 atom stereocenters. The van der Waals surface area contributed by atoms with Crippen molar-refractivity contribution in [1.82, 2.24) is 9.97 Å². The van der Waals surface area contributed by atoms with E-state index in [4.69, 9.17) is 16.3 Å². The normalized spacial score (nSPS) is 11.9. The van der Waals surface area contributed by atoms with Gasteiger partial charge >= 0.3 is 0 Å². The third-order valence-corrected chi connectivity index (χ3v) is 3.58. The minimum atomic E-state index is -0.554. The van der Waals surface area contributed by atoms with Crippen LogP contribution in [0.2, 0.25) is 5.28 Å². The Morgan fingerprint density at radius 1 is 1.32 bits per heavy atom. The Bertz CT molecular complexity index is 589. The number of carbonyl (C=O) groups is 1. The maximum Gasteiger partial charge on any atom is 0.222 e. The van der Waals surface area contributed by atoms with E-state index in [1.54, 1.807) is 37.4 Å². The van der Waals surface area contributed by atoms with Gasteiger partial charge in [-0.2, -0.15) is 0 Å². The number of halogens is 2. The van der Waals surface area contributed by atoms with Crippen molar-refractivity contribution in [3.05, 3.63) is 53.1 Å². The fourth-order valence-electron chi connectivity index (χ4n) is 1.52. The molecule has 0 aliphatic heterocycles. The van der Waals surface area contributed by atoms with Crippen molar-refractivity contribution in [1.29, 1.82) is 0 Å². The summed E-state index contributed by atoms with van der Waals surface area (Å²) < 4.78 is 5.05. The smallest absolute Gasteiger partial charge is 0.222 e. The van der Waals surface area contributed by atoms with Crippen LogP contribution < -0.4 is 4.74 Å². The molecule has 1 aromatic carbocycles. The van der Waals surface area contributed by atoms with Gasteiger partial charge in [0.1, 0.15) is 10.6 Å². The van der Waals surface area contributed by atoms with Gasteiger partial charge in [0.15, 0.2) is 5.78 Å². The van der Waals surface area contributed by atoms with Crippen LogP contribution in [0.25, 0.3) is 0 Å². The highest BCUT2D eigenvalue weighted by atomic mass is 79.9. The van der Waals surface area contributed by atoms with Crippen molar-refractivity contribution >= 4 is 33.3 Å². The fourth-order valence-corrected chi connectivity index (χ4v) is 2.20. The van der Waals surface area contributed by atoms with Crippen LogP contribution in [0.15, 0.2) is 36.5 Å². The van der Waals surface area contributed by atoms with Crippen LogP contribution in [0, 0.1) is 0 Å². The molecule has 98 valence electrons. The molecule has 4 nitrogen and oxygen atoms in total. The van der Waals surface area contributed by atoms with E-state index in [9.17, 15) is 4.79 Å². The Labute approximate surface area is 123 Å². The number of Topliss-reactive ketones (excluding diaryl/α,β-unsaturated/α-hetero) is 1. The van der Waals surface area contributed by atoms with Crippen LogP contribution >= 0.6 is 27.5 Å². The van der Waals surface area contributed by atoms with Gasteiger partial charge in [0.2, 0.25) is 5.28 Å². The summed E-state index contributed by atoms with van der Waals surface area (Å²) in [6.45, 7) is 0. The van der Waals surface area contributed by atoms with Gasteiger partial charge in [0.05, 0.1) is 12.8 Å². The number of hydrogen-bond acceptors (Lipinski definition) is 4. The Balaban J connectivity index is 2.23. The second kappa shape index (κ2) is 6.12. The zero-order valence-corrected chi connectivity index (χ0v) is 12.4. The van der Waals surface area contributed by atoms with E-state index in [2.05, 4.69) is 25.9 Å². The van der Waals surface area contributed by atoms with Gasteiger partial charge < -0.3 is 4.74 Å². The Morgan fingerprint density at radius 2 is 2.00 bits per heavy atom. The molecule has 0 radical (unpaired) electrons. The van der Waals surface area contributed by atoms with E-state index in [0.717, 1.165) is 0 Å².